The third-order valence-electron chi connectivity index (χ3n) is 2.94. The molecule has 0 fully saturated rings. The van der Waals surface area contributed by atoms with Crippen LogP contribution in [0.1, 0.15) is 11.6 Å². The summed E-state index contributed by atoms with van der Waals surface area (Å²) in [4.78, 5) is 0. The van der Waals surface area contributed by atoms with Crippen LogP contribution in [-0.4, -0.2) is 23.0 Å². The Morgan fingerprint density at radius 2 is 2.11 bits per heavy atom. The molecule has 18 heavy (non-hydrogen) atoms. The maximum absolute atomic E-state index is 6.16. The second-order valence-corrected chi connectivity index (χ2v) is 4.24. The first-order valence-electron chi connectivity index (χ1n) is 5.95. The average Bonchev–Trinajstić information content (AvgIpc) is 2.91. The van der Waals surface area contributed by atoms with Gasteiger partial charge in [-0.25, -0.2) is 0 Å². The van der Waals surface area contributed by atoms with Gasteiger partial charge in [0, 0.05) is 18.4 Å². The van der Waals surface area contributed by atoms with Crippen LogP contribution < -0.4 is 15.2 Å². The van der Waals surface area contributed by atoms with Crippen LogP contribution >= 0.6 is 0 Å². The fourth-order valence-corrected chi connectivity index (χ4v) is 2.01. The highest BCUT2D eigenvalue weighted by atomic mass is 16.6. The molecule has 94 valence electrons. The van der Waals surface area contributed by atoms with Crippen molar-refractivity contribution in [2.45, 2.75) is 12.6 Å². The number of rotatable bonds is 3. The van der Waals surface area contributed by atoms with Crippen molar-refractivity contribution in [2.75, 3.05) is 13.2 Å². The van der Waals surface area contributed by atoms with Gasteiger partial charge >= 0.3 is 0 Å². The monoisotopic (exact) mass is 245 g/mol. The van der Waals surface area contributed by atoms with Crippen molar-refractivity contribution in [1.29, 1.82) is 0 Å². The predicted octanol–water partition coefficient (Wildman–Crippen LogP) is 1.35. The maximum atomic E-state index is 6.16. The molecule has 1 aromatic carbocycles. The zero-order valence-electron chi connectivity index (χ0n) is 9.95. The van der Waals surface area contributed by atoms with Crippen molar-refractivity contribution in [2.24, 2.45) is 5.73 Å². The van der Waals surface area contributed by atoms with Gasteiger partial charge in [0.25, 0.3) is 0 Å². The zero-order chi connectivity index (χ0) is 12.4. The number of nitrogens with two attached hydrogens (primary N) is 1. The molecule has 2 heterocycles. The van der Waals surface area contributed by atoms with E-state index in [1.54, 1.807) is 6.20 Å². The van der Waals surface area contributed by atoms with E-state index in [-0.39, 0.29) is 6.04 Å². The van der Waals surface area contributed by atoms with Crippen LogP contribution in [0.4, 0.5) is 0 Å². The molecule has 0 saturated carbocycles. The van der Waals surface area contributed by atoms with E-state index in [0.717, 1.165) is 17.1 Å². The molecule has 1 unspecified atom stereocenters. The lowest BCUT2D eigenvalue weighted by Crippen LogP contribution is -2.19. The minimum Gasteiger partial charge on any atom is -0.486 e. The highest BCUT2D eigenvalue weighted by molar-refractivity contribution is 5.44. The molecule has 0 amide bonds. The van der Waals surface area contributed by atoms with Gasteiger partial charge in [0.05, 0.1) is 6.54 Å². The number of aromatic nitrogens is 2. The van der Waals surface area contributed by atoms with Crippen LogP contribution in [0.5, 0.6) is 11.5 Å². The molecule has 1 atom stereocenters. The van der Waals surface area contributed by atoms with Gasteiger partial charge in [0.1, 0.15) is 13.2 Å². The predicted molar refractivity (Wildman–Crippen MR) is 66.6 cm³/mol. The van der Waals surface area contributed by atoms with E-state index in [1.807, 2.05) is 35.1 Å². The molecule has 0 radical (unpaired) electrons. The smallest absolute Gasteiger partial charge is 0.161 e. The summed E-state index contributed by atoms with van der Waals surface area (Å²) < 4.78 is 12.8. The summed E-state index contributed by atoms with van der Waals surface area (Å²) in [7, 11) is 0. The molecular formula is C13H15N3O2. The highest BCUT2D eigenvalue weighted by Gasteiger charge is 2.14. The van der Waals surface area contributed by atoms with Gasteiger partial charge in [0.15, 0.2) is 11.5 Å². The van der Waals surface area contributed by atoms with E-state index in [9.17, 15) is 0 Å². The first kappa shape index (κ1) is 11.1. The van der Waals surface area contributed by atoms with Gasteiger partial charge in [-0.3, -0.25) is 4.68 Å². The SMILES string of the molecule is NC(Cn1cccn1)c1ccc2c(c1)OCCO2. The van der Waals surface area contributed by atoms with Crippen LogP contribution in [0.3, 0.4) is 0 Å². The Morgan fingerprint density at radius 3 is 2.89 bits per heavy atom. The minimum absolute atomic E-state index is 0.110. The zero-order valence-corrected chi connectivity index (χ0v) is 9.95. The Morgan fingerprint density at radius 1 is 1.28 bits per heavy atom. The molecule has 2 aromatic rings. The number of fused-ring (bicyclic) bond motifs is 1. The number of ether oxygens (including phenoxy) is 2. The van der Waals surface area contributed by atoms with Crippen molar-refractivity contribution in [3.8, 4) is 11.5 Å². The van der Waals surface area contributed by atoms with E-state index in [1.165, 1.54) is 0 Å². The van der Waals surface area contributed by atoms with Crippen LogP contribution in [-0.2, 0) is 6.54 Å². The van der Waals surface area contributed by atoms with Crippen molar-refractivity contribution in [3.63, 3.8) is 0 Å². The molecule has 1 aliphatic heterocycles. The van der Waals surface area contributed by atoms with Gasteiger partial charge in [-0.2, -0.15) is 5.10 Å². The second-order valence-electron chi connectivity index (χ2n) is 4.24. The first-order chi connectivity index (χ1) is 8.83. The van der Waals surface area contributed by atoms with E-state index in [2.05, 4.69) is 5.10 Å². The summed E-state index contributed by atoms with van der Waals surface area (Å²) in [5, 5.41) is 4.15. The number of hydrogen-bond donors (Lipinski definition) is 1. The highest BCUT2D eigenvalue weighted by Crippen LogP contribution is 2.32. The molecule has 0 bridgehead atoms. The average molecular weight is 245 g/mol. The Kier molecular flexibility index (Phi) is 2.90. The van der Waals surface area contributed by atoms with E-state index in [4.69, 9.17) is 15.2 Å². The molecular weight excluding hydrogens is 230 g/mol. The normalized spacial score (nSPS) is 15.4. The standard InChI is InChI=1S/C13H15N3O2/c14-11(9-16-5-1-4-15-16)10-2-3-12-13(8-10)18-7-6-17-12/h1-5,8,11H,6-7,9,14H2. The van der Waals surface area contributed by atoms with Crippen molar-refractivity contribution >= 4 is 0 Å². The maximum Gasteiger partial charge on any atom is 0.161 e. The first-order valence-corrected chi connectivity index (χ1v) is 5.95. The van der Waals surface area contributed by atoms with Gasteiger partial charge in [0.2, 0.25) is 0 Å². The van der Waals surface area contributed by atoms with Crippen LogP contribution in [0.25, 0.3) is 0 Å². The van der Waals surface area contributed by atoms with E-state index in [0.29, 0.717) is 19.8 Å². The molecule has 0 spiro atoms. The van der Waals surface area contributed by atoms with E-state index >= 15 is 0 Å². The van der Waals surface area contributed by atoms with Crippen LogP contribution in [0, 0.1) is 0 Å². The Bertz CT molecular complexity index is 525. The summed E-state index contributed by atoms with van der Waals surface area (Å²) in [5.74, 6) is 1.56. The topological polar surface area (TPSA) is 62.3 Å². The van der Waals surface area contributed by atoms with Crippen molar-refractivity contribution < 1.29 is 9.47 Å². The van der Waals surface area contributed by atoms with Crippen LogP contribution in [0.2, 0.25) is 0 Å². The fourth-order valence-electron chi connectivity index (χ4n) is 2.01. The lowest BCUT2D eigenvalue weighted by atomic mass is 10.1. The summed E-state index contributed by atoms with van der Waals surface area (Å²) in [5.41, 5.74) is 7.19. The fraction of sp³-hybridized carbons (Fsp3) is 0.308. The van der Waals surface area contributed by atoms with Gasteiger partial charge in [-0.05, 0) is 23.8 Å². The van der Waals surface area contributed by atoms with Crippen molar-refractivity contribution in [3.05, 3.63) is 42.2 Å². The van der Waals surface area contributed by atoms with Crippen LogP contribution in [0.15, 0.2) is 36.7 Å². The molecule has 1 aliphatic rings. The number of nitrogens with zero attached hydrogens (tertiary/aromatic N) is 2. The van der Waals surface area contributed by atoms with Gasteiger partial charge < -0.3 is 15.2 Å². The summed E-state index contributed by atoms with van der Waals surface area (Å²) in [6.07, 6.45) is 3.65. The number of benzene rings is 1. The Hall–Kier alpha value is -2.01. The molecule has 1 aromatic heterocycles. The third kappa shape index (κ3) is 2.17. The minimum atomic E-state index is -0.110. The number of hydrogen-bond acceptors (Lipinski definition) is 4. The third-order valence-corrected chi connectivity index (χ3v) is 2.94. The molecule has 2 N–H and O–H groups in total. The Labute approximate surface area is 105 Å². The molecule has 0 saturated heterocycles. The summed E-state index contributed by atoms with van der Waals surface area (Å²) >= 11 is 0. The summed E-state index contributed by atoms with van der Waals surface area (Å²) in [6, 6.07) is 7.61. The van der Waals surface area contributed by atoms with Gasteiger partial charge in [-0.15, -0.1) is 0 Å². The lowest BCUT2D eigenvalue weighted by molar-refractivity contribution is 0.171. The van der Waals surface area contributed by atoms with Crippen molar-refractivity contribution in [1.82, 2.24) is 9.78 Å². The van der Waals surface area contributed by atoms with E-state index < -0.39 is 0 Å². The largest absolute Gasteiger partial charge is 0.486 e. The quantitative estimate of drug-likeness (QED) is 0.886. The molecule has 3 rings (SSSR count). The molecule has 0 aliphatic carbocycles. The molecule has 5 nitrogen and oxygen atoms in total. The lowest BCUT2D eigenvalue weighted by Gasteiger charge is -2.20. The second kappa shape index (κ2) is 4.70. The Balaban J connectivity index is 1.79. The molecule has 5 heteroatoms. The van der Waals surface area contributed by atoms with Gasteiger partial charge in [-0.1, -0.05) is 6.07 Å². The summed E-state index contributed by atoms with van der Waals surface area (Å²) in [6.45, 7) is 1.84.